The maximum Gasteiger partial charge on any atom is 0.339 e. The number of fused-ring (bicyclic) bond motifs is 1. The molecular weight excluding hydrogens is 314 g/mol. The van der Waals surface area contributed by atoms with Crippen molar-refractivity contribution < 1.29 is 12.6 Å². The maximum absolute atomic E-state index is 12.4. The fraction of sp³-hybridized carbons (Fsp3) is 0.118. The van der Waals surface area contributed by atoms with Gasteiger partial charge in [-0.3, -0.25) is 4.79 Å². The van der Waals surface area contributed by atoms with Gasteiger partial charge in [-0.15, -0.1) is 0 Å². The van der Waals surface area contributed by atoms with Crippen molar-refractivity contribution in [3.8, 4) is 5.75 Å². The van der Waals surface area contributed by atoms with E-state index in [2.05, 4.69) is 0 Å². The first-order valence-corrected chi connectivity index (χ1v) is 8.39. The van der Waals surface area contributed by atoms with E-state index < -0.39 is 10.1 Å². The lowest BCUT2D eigenvalue weighted by Gasteiger charge is -2.12. The van der Waals surface area contributed by atoms with Gasteiger partial charge >= 0.3 is 10.1 Å². The van der Waals surface area contributed by atoms with Crippen LogP contribution in [0.5, 0.6) is 5.75 Å². The average molecular weight is 329 g/mol. The number of nitrogens with zero attached hydrogens (tertiary/aromatic N) is 1. The van der Waals surface area contributed by atoms with Crippen LogP contribution in [0.25, 0.3) is 10.9 Å². The van der Waals surface area contributed by atoms with Gasteiger partial charge in [-0.1, -0.05) is 23.8 Å². The molecule has 0 saturated heterocycles. The standard InChI is InChI=1S/C17H15NO4S/c1-12-6-8-13(9-7-12)23(20,21)22-16-5-3-4-14-15(19)10-11-18(2)17(14)16/h3-11H,1-2H3. The minimum Gasteiger partial charge on any atom is -0.377 e. The molecule has 0 aliphatic carbocycles. The van der Waals surface area contributed by atoms with Crippen LogP contribution in [0, 0.1) is 6.92 Å². The summed E-state index contributed by atoms with van der Waals surface area (Å²) in [5.74, 6) is 0.128. The van der Waals surface area contributed by atoms with Gasteiger partial charge in [0.2, 0.25) is 0 Å². The highest BCUT2D eigenvalue weighted by molar-refractivity contribution is 7.87. The van der Waals surface area contributed by atoms with Gasteiger partial charge < -0.3 is 8.75 Å². The van der Waals surface area contributed by atoms with Gasteiger partial charge in [0.25, 0.3) is 0 Å². The van der Waals surface area contributed by atoms with Gasteiger partial charge in [0.15, 0.2) is 11.2 Å². The van der Waals surface area contributed by atoms with Crippen molar-refractivity contribution in [2.45, 2.75) is 11.8 Å². The Morgan fingerprint density at radius 3 is 2.39 bits per heavy atom. The Labute approximate surface area is 133 Å². The van der Waals surface area contributed by atoms with E-state index in [4.69, 9.17) is 4.18 Å². The van der Waals surface area contributed by atoms with E-state index in [0.717, 1.165) is 5.56 Å². The van der Waals surface area contributed by atoms with Crippen molar-refractivity contribution in [1.29, 1.82) is 0 Å². The molecule has 0 unspecified atom stereocenters. The molecule has 0 N–H and O–H groups in total. The van der Waals surface area contributed by atoms with Crippen LogP contribution in [0.15, 0.2) is 64.4 Å². The van der Waals surface area contributed by atoms with Gasteiger partial charge in [0.05, 0.1) is 5.52 Å². The fourth-order valence-corrected chi connectivity index (χ4v) is 3.30. The van der Waals surface area contributed by atoms with E-state index in [1.54, 1.807) is 42.1 Å². The molecule has 1 heterocycles. The summed E-state index contributed by atoms with van der Waals surface area (Å²) in [6.45, 7) is 1.87. The van der Waals surface area contributed by atoms with Crippen LogP contribution < -0.4 is 9.61 Å². The summed E-state index contributed by atoms with van der Waals surface area (Å²) in [5.41, 5.74) is 1.21. The number of hydrogen-bond donors (Lipinski definition) is 0. The van der Waals surface area contributed by atoms with E-state index in [1.165, 1.54) is 24.3 Å². The highest BCUT2D eigenvalue weighted by Gasteiger charge is 2.19. The first-order valence-electron chi connectivity index (χ1n) is 6.98. The molecule has 0 aliphatic rings. The lowest BCUT2D eigenvalue weighted by atomic mass is 10.2. The average Bonchev–Trinajstić information content (AvgIpc) is 2.51. The van der Waals surface area contributed by atoms with Crippen molar-refractivity contribution in [2.75, 3.05) is 0 Å². The molecule has 0 radical (unpaired) electrons. The molecule has 0 spiro atoms. The molecule has 0 saturated carbocycles. The summed E-state index contributed by atoms with van der Waals surface area (Å²) in [6, 6.07) is 12.6. The largest absolute Gasteiger partial charge is 0.377 e. The van der Waals surface area contributed by atoms with E-state index >= 15 is 0 Å². The van der Waals surface area contributed by atoms with Crippen molar-refractivity contribution in [3.05, 3.63) is 70.5 Å². The number of aromatic nitrogens is 1. The molecule has 2 aromatic carbocycles. The molecule has 6 heteroatoms. The van der Waals surface area contributed by atoms with Crippen LogP contribution in [0.2, 0.25) is 0 Å². The summed E-state index contributed by atoms with van der Waals surface area (Å²) in [4.78, 5) is 12.0. The molecule has 0 fully saturated rings. The summed E-state index contributed by atoms with van der Waals surface area (Å²) in [7, 11) is -2.24. The third kappa shape index (κ3) is 2.85. The first-order chi connectivity index (χ1) is 10.9. The van der Waals surface area contributed by atoms with Crippen molar-refractivity contribution in [3.63, 3.8) is 0 Å². The predicted octanol–water partition coefficient (Wildman–Crippen LogP) is 2.61. The number of pyridine rings is 1. The van der Waals surface area contributed by atoms with Gasteiger partial charge in [0.1, 0.15) is 4.90 Å². The zero-order chi connectivity index (χ0) is 16.6. The number of hydrogen-bond acceptors (Lipinski definition) is 4. The summed E-state index contributed by atoms with van der Waals surface area (Å²) in [5, 5.41) is 0.409. The molecular formula is C17H15NO4S. The lowest BCUT2D eigenvalue weighted by molar-refractivity contribution is 0.487. The van der Waals surface area contributed by atoms with E-state index in [-0.39, 0.29) is 16.1 Å². The van der Waals surface area contributed by atoms with Crippen LogP contribution >= 0.6 is 0 Å². The quantitative estimate of drug-likeness (QED) is 0.693. The lowest BCUT2D eigenvalue weighted by Crippen LogP contribution is -2.12. The van der Waals surface area contributed by atoms with Crippen LogP contribution in [0.1, 0.15) is 5.56 Å². The summed E-state index contributed by atoms with van der Waals surface area (Å²) in [6.07, 6.45) is 1.58. The smallest absolute Gasteiger partial charge is 0.339 e. The Morgan fingerprint density at radius 2 is 1.70 bits per heavy atom. The number of rotatable bonds is 3. The molecule has 118 valence electrons. The molecule has 0 aliphatic heterocycles. The third-order valence-electron chi connectivity index (χ3n) is 3.58. The van der Waals surface area contributed by atoms with Crippen LogP contribution in [-0.4, -0.2) is 13.0 Å². The second-order valence-corrected chi connectivity index (χ2v) is 6.84. The molecule has 5 nitrogen and oxygen atoms in total. The highest BCUT2D eigenvalue weighted by atomic mass is 32.2. The fourth-order valence-electron chi connectivity index (χ4n) is 2.37. The predicted molar refractivity (Wildman–Crippen MR) is 88.2 cm³/mol. The van der Waals surface area contributed by atoms with Gasteiger partial charge in [-0.05, 0) is 31.2 Å². The minimum atomic E-state index is -3.97. The zero-order valence-electron chi connectivity index (χ0n) is 12.7. The maximum atomic E-state index is 12.4. The Hall–Kier alpha value is -2.60. The number of benzene rings is 2. The number of para-hydroxylation sites is 1. The van der Waals surface area contributed by atoms with Crippen LogP contribution in [-0.2, 0) is 17.2 Å². The van der Waals surface area contributed by atoms with Crippen molar-refractivity contribution >= 4 is 21.0 Å². The Kier molecular flexibility index (Phi) is 3.69. The van der Waals surface area contributed by atoms with E-state index in [9.17, 15) is 13.2 Å². The second kappa shape index (κ2) is 5.55. The summed E-state index contributed by atoms with van der Waals surface area (Å²) < 4.78 is 31.8. The molecule has 3 rings (SSSR count). The SMILES string of the molecule is Cc1ccc(S(=O)(=O)Oc2cccc3c(=O)ccn(C)c23)cc1. The zero-order valence-corrected chi connectivity index (χ0v) is 13.5. The number of aryl methyl sites for hydroxylation is 2. The molecule has 0 atom stereocenters. The first kappa shape index (κ1) is 15.3. The monoisotopic (exact) mass is 329 g/mol. The Balaban J connectivity index is 2.13. The van der Waals surface area contributed by atoms with Crippen LogP contribution in [0.4, 0.5) is 0 Å². The van der Waals surface area contributed by atoms with Crippen LogP contribution in [0.3, 0.4) is 0 Å². The molecule has 0 bridgehead atoms. The van der Waals surface area contributed by atoms with Crippen molar-refractivity contribution in [1.82, 2.24) is 4.57 Å². The molecule has 3 aromatic rings. The Bertz CT molecular complexity index is 1030. The highest BCUT2D eigenvalue weighted by Crippen LogP contribution is 2.26. The van der Waals surface area contributed by atoms with Gasteiger partial charge in [-0.25, -0.2) is 0 Å². The van der Waals surface area contributed by atoms with E-state index in [0.29, 0.717) is 10.9 Å². The normalized spacial score (nSPS) is 11.6. The summed E-state index contributed by atoms with van der Waals surface area (Å²) >= 11 is 0. The second-order valence-electron chi connectivity index (χ2n) is 5.29. The molecule has 23 heavy (non-hydrogen) atoms. The molecule has 0 amide bonds. The van der Waals surface area contributed by atoms with Gasteiger partial charge in [-0.2, -0.15) is 8.42 Å². The van der Waals surface area contributed by atoms with E-state index in [1.807, 2.05) is 6.92 Å². The minimum absolute atomic E-state index is 0.0704. The van der Waals surface area contributed by atoms with Crippen molar-refractivity contribution in [2.24, 2.45) is 7.05 Å². The van der Waals surface area contributed by atoms with Gasteiger partial charge in [0, 0.05) is 24.7 Å². The Morgan fingerprint density at radius 1 is 1.00 bits per heavy atom. The third-order valence-corrected chi connectivity index (χ3v) is 4.82. The topological polar surface area (TPSA) is 65.4 Å². The molecule has 1 aromatic heterocycles.